The van der Waals surface area contributed by atoms with Crippen molar-refractivity contribution in [2.75, 3.05) is 11.9 Å². The van der Waals surface area contributed by atoms with Crippen molar-refractivity contribution in [3.63, 3.8) is 0 Å². The Hall–Kier alpha value is -3.46. The van der Waals surface area contributed by atoms with E-state index in [1.54, 1.807) is 17.1 Å². The predicted octanol–water partition coefficient (Wildman–Crippen LogP) is 3.15. The number of rotatable bonds is 5. The van der Waals surface area contributed by atoms with Gasteiger partial charge in [0, 0.05) is 30.4 Å². The van der Waals surface area contributed by atoms with Gasteiger partial charge in [-0.1, -0.05) is 6.07 Å². The first-order valence-corrected chi connectivity index (χ1v) is 11.2. The van der Waals surface area contributed by atoms with Crippen molar-refractivity contribution in [2.24, 2.45) is 0 Å². The van der Waals surface area contributed by atoms with Crippen LogP contribution in [0.25, 0.3) is 16.9 Å². The number of nitrogens with zero attached hydrogens (tertiary/aromatic N) is 5. The van der Waals surface area contributed by atoms with Crippen molar-refractivity contribution >= 4 is 22.7 Å². The van der Waals surface area contributed by atoms with Gasteiger partial charge >= 0.3 is 0 Å². The SMILES string of the molecule is CC(C)n1c(=O)c2cnc(Nc3ccc4c(c3)CCNC4)nc2n1-c1cnc(C2CC2)[nH]1. The summed E-state index contributed by atoms with van der Waals surface area (Å²) >= 11 is 0. The molecule has 9 heteroatoms. The Morgan fingerprint density at radius 1 is 1.16 bits per heavy atom. The van der Waals surface area contributed by atoms with E-state index in [2.05, 4.69) is 37.7 Å². The van der Waals surface area contributed by atoms with Crippen LogP contribution < -0.4 is 16.2 Å². The highest BCUT2D eigenvalue weighted by atomic mass is 16.1. The molecule has 1 fully saturated rings. The smallest absolute Gasteiger partial charge is 0.278 e. The monoisotopic (exact) mass is 430 g/mol. The number of hydrogen-bond acceptors (Lipinski definition) is 6. The average molecular weight is 431 g/mol. The van der Waals surface area contributed by atoms with Crippen LogP contribution in [0.5, 0.6) is 0 Å². The molecule has 0 radical (unpaired) electrons. The molecule has 0 saturated heterocycles. The average Bonchev–Trinajstić information content (AvgIpc) is 3.46. The van der Waals surface area contributed by atoms with E-state index >= 15 is 0 Å². The first-order valence-electron chi connectivity index (χ1n) is 11.2. The molecular weight excluding hydrogens is 404 g/mol. The summed E-state index contributed by atoms with van der Waals surface area (Å²) in [6.07, 6.45) is 6.72. The number of fused-ring (bicyclic) bond motifs is 2. The molecule has 164 valence electrons. The van der Waals surface area contributed by atoms with Gasteiger partial charge in [-0.3, -0.25) is 4.79 Å². The molecule has 4 heterocycles. The van der Waals surface area contributed by atoms with E-state index in [0.717, 1.165) is 49.7 Å². The minimum absolute atomic E-state index is 0.0463. The van der Waals surface area contributed by atoms with Crippen molar-refractivity contribution in [3.8, 4) is 5.82 Å². The first-order chi connectivity index (χ1) is 15.6. The molecule has 0 amide bonds. The van der Waals surface area contributed by atoms with Crippen molar-refractivity contribution in [1.29, 1.82) is 0 Å². The molecule has 1 saturated carbocycles. The molecule has 1 aliphatic carbocycles. The fourth-order valence-electron chi connectivity index (χ4n) is 4.44. The number of aromatic amines is 1. The normalized spacial score (nSPS) is 16.0. The molecule has 1 aromatic carbocycles. The van der Waals surface area contributed by atoms with Gasteiger partial charge in [0.05, 0.1) is 6.20 Å². The van der Waals surface area contributed by atoms with E-state index in [4.69, 9.17) is 4.98 Å². The number of nitrogens with one attached hydrogen (secondary N) is 3. The van der Waals surface area contributed by atoms with Crippen LogP contribution in [0.2, 0.25) is 0 Å². The molecular formula is C23H26N8O. The highest BCUT2D eigenvalue weighted by Crippen LogP contribution is 2.38. The second-order valence-electron chi connectivity index (χ2n) is 8.95. The molecule has 3 aromatic heterocycles. The fraction of sp³-hybridized carbons (Fsp3) is 0.391. The van der Waals surface area contributed by atoms with Crippen molar-refractivity contribution in [1.82, 2.24) is 34.6 Å². The molecule has 0 spiro atoms. The van der Waals surface area contributed by atoms with Gasteiger partial charge in [-0.15, -0.1) is 0 Å². The molecule has 2 aliphatic rings. The molecule has 0 bridgehead atoms. The zero-order chi connectivity index (χ0) is 21.8. The standard InChI is InChI=1S/C23H26N8O/c1-13(2)30-22(32)18-11-26-23(27-17-6-5-16-10-24-8-7-15(16)9-17)29-21(18)31(30)19-12-25-20(28-19)14-3-4-14/h5-6,9,11-14,24H,3-4,7-8,10H2,1-2H3,(H,25,28)(H,26,27,29). The van der Waals surface area contributed by atoms with Gasteiger partial charge in [-0.05, 0) is 62.9 Å². The number of H-pyrrole nitrogens is 1. The number of anilines is 2. The summed E-state index contributed by atoms with van der Waals surface area (Å²) in [7, 11) is 0. The van der Waals surface area contributed by atoms with Crippen molar-refractivity contribution in [3.05, 3.63) is 57.9 Å². The Morgan fingerprint density at radius 2 is 2.03 bits per heavy atom. The van der Waals surface area contributed by atoms with Crippen LogP contribution in [-0.2, 0) is 13.0 Å². The number of aromatic nitrogens is 6. The third-order valence-corrected chi connectivity index (χ3v) is 6.24. The van der Waals surface area contributed by atoms with Gasteiger partial charge in [-0.2, -0.15) is 4.98 Å². The molecule has 0 atom stereocenters. The lowest BCUT2D eigenvalue weighted by Gasteiger charge is -2.18. The Labute approximate surface area is 184 Å². The second-order valence-corrected chi connectivity index (χ2v) is 8.95. The maximum Gasteiger partial charge on any atom is 0.278 e. The lowest BCUT2D eigenvalue weighted by molar-refractivity contribution is 0.472. The molecule has 4 aromatic rings. The quantitative estimate of drug-likeness (QED) is 0.449. The summed E-state index contributed by atoms with van der Waals surface area (Å²) in [4.78, 5) is 30.3. The van der Waals surface area contributed by atoms with Gasteiger partial charge in [0.1, 0.15) is 11.2 Å². The van der Waals surface area contributed by atoms with E-state index in [0.29, 0.717) is 22.9 Å². The van der Waals surface area contributed by atoms with Gasteiger partial charge in [-0.25, -0.2) is 19.3 Å². The largest absolute Gasteiger partial charge is 0.327 e. The minimum Gasteiger partial charge on any atom is -0.327 e. The van der Waals surface area contributed by atoms with Crippen LogP contribution in [0, 0.1) is 0 Å². The van der Waals surface area contributed by atoms with Crippen LogP contribution >= 0.6 is 0 Å². The van der Waals surface area contributed by atoms with Crippen LogP contribution in [0.15, 0.2) is 35.4 Å². The van der Waals surface area contributed by atoms with E-state index in [9.17, 15) is 4.79 Å². The van der Waals surface area contributed by atoms with Gasteiger partial charge in [0.15, 0.2) is 11.5 Å². The highest BCUT2D eigenvalue weighted by molar-refractivity contribution is 5.77. The summed E-state index contributed by atoms with van der Waals surface area (Å²) in [5, 5.41) is 7.21. The number of benzene rings is 1. The third-order valence-electron chi connectivity index (χ3n) is 6.24. The Bertz CT molecular complexity index is 1370. The van der Waals surface area contributed by atoms with E-state index in [1.165, 1.54) is 11.1 Å². The molecule has 1 aliphatic heterocycles. The number of imidazole rings is 1. The van der Waals surface area contributed by atoms with Crippen LogP contribution in [0.4, 0.5) is 11.6 Å². The zero-order valence-electron chi connectivity index (χ0n) is 18.2. The third kappa shape index (κ3) is 3.20. The Morgan fingerprint density at radius 3 is 2.84 bits per heavy atom. The first kappa shape index (κ1) is 19.2. The van der Waals surface area contributed by atoms with Crippen LogP contribution in [-0.4, -0.2) is 35.8 Å². The summed E-state index contributed by atoms with van der Waals surface area (Å²) in [6, 6.07) is 6.29. The van der Waals surface area contributed by atoms with Crippen molar-refractivity contribution in [2.45, 2.75) is 51.6 Å². The molecule has 32 heavy (non-hydrogen) atoms. The fourth-order valence-corrected chi connectivity index (χ4v) is 4.44. The summed E-state index contributed by atoms with van der Waals surface area (Å²) in [5.74, 6) is 2.68. The van der Waals surface area contributed by atoms with Crippen molar-refractivity contribution < 1.29 is 0 Å². The molecule has 0 unspecified atom stereocenters. The Kier molecular flexibility index (Phi) is 4.39. The maximum atomic E-state index is 13.1. The summed E-state index contributed by atoms with van der Waals surface area (Å²) in [6.45, 7) is 5.87. The van der Waals surface area contributed by atoms with E-state index in [-0.39, 0.29) is 11.6 Å². The molecule has 3 N–H and O–H groups in total. The van der Waals surface area contributed by atoms with Crippen LogP contribution in [0.3, 0.4) is 0 Å². The Balaban J connectivity index is 1.44. The van der Waals surface area contributed by atoms with Gasteiger partial charge in [0.2, 0.25) is 5.95 Å². The lowest BCUT2D eigenvalue weighted by atomic mass is 10.0. The van der Waals surface area contributed by atoms with E-state index < -0.39 is 0 Å². The predicted molar refractivity (Wildman–Crippen MR) is 123 cm³/mol. The zero-order valence-corrected chi connectivity index (χ0v) is 18.2. The summed E-state index contributed by atoms with van der Waals surface area (Å²) in [5.41, 5.74) is 4.06. The molecule has 9 nitrogen and oxygen atoms in total. The topological polar surface area (TPSA) is 105 Å². The van der Waals surface area contributed by atoms with E-state index in [1.807, 2.05) is 24.6 Å². The highest BCUT2D eigenvalue weighted by Gasteiger charge is 2.28. The maximum absolute atomic E-state index is 13.1. The van der Waals surface area contributed by atoms with Gasteiger partial charge < -0.3 is 15.6 Å². The lowest BCUT2D eigenvalue weighted by Crippen LogP contribution is -2.24. The van der Waals surface area contributed by atoms with Crippen LogP contribution in [0.1, 0.15) is 55.6 Å². The minimum atomic E-state index is -0.106. The second kappa shape index (κ2) is 7.30. The molecule has 6 rings (SSSR count). The number of hydrogen-bond donors (Lipinski definition) is 3. The van der Waals surface area contributed by atoms with Gasteiger partial charge in [0.25, 0.3) is 5.56 Å². The summed E-state index contributed by atoms with van der Waals surface area (Å²) < 4.78 is 3.55.